The van der Waals surface area contributed by atoms with Crippen molar-refractivity contribution in [1.82, 2.24) is 4.31 Å². The maximum absolute atomic E-state index is 13.6. The van der Waals surface area contributed by atoms with E-state index in [-0.39, 0.29) is 35.6 Å². The van der Waals surface area contributed by atoms with Crippen molar-refractivity contribution in [2.45, 2.75) is 47.9 Å². The van der Waals surface area contributed by atoms with Crippen molar-refractivity contribution >= 4 is 19.9 Å². The summed E-state index contributed by atoms with van der Waals surface area (Å²) in [6, 6.07) is 2.63. The van der Waals surface area contributed by atoms with E-state index in [2.05, 4.69) is 0 Å². The second kappa shape index (κ2) is 5.96. The molecule has 2 unspecified atom stereocenters. The topological polar surface area (TPSA) is 80.8 Å². The number of hydrogen-bond donors (Lipinski definition) is 0. The van der Waals surface area contributed by atoms with E-state index in [9.17, 15) is 21.2 Å². The van der Waals surface area contributed by atoms with Crippen LogP contribution in [0.2, 0.25) is 0 Å². The fourth-order valence-electron chi connectivity index (χ4n) is 3.79. The Labute approximate surface area is 141 Å². The Morgan fingerprint density at radius 2 is 1.71 bits per heavy atom. The smallest absolute Gasteiger partial charge is 0.247 e. The predicted molar refractivity (Wildman–Crippen MR) is 86.7 cm³/mol. The van der Waals surface area contributed by atoms with Gasteiger partial charge in [0.25, 0.3) is 0 Å². The summed E-state index contributed by atoms with van der Waals surface area (Å²) in [4.78, 5) is -0.209. The highest BCUT2D eigenvalue weighted by Gasteiger charge is 2.49. The zero-order chi connectivity index (χ0) is 17.7. The third kappa shape index (κ3) is 2.93. The molecule has 2 atom stereocenters. The highest BCUT2D eigenvalue weighted by Crippen LogP contribution is 2.43. The molecule has 0 radical (unpaired) electrons. The fraction of sp³-hybridized carbons (Fsp3) is 0.600. The summed E-state index contributed by atoms with van der Waals surface area (Å²) in [6.07, 6.45) is 3.00. The molecule has 2 heterocycles. The third-order valence-electron chi connectivity index (χ3n) is 4.91. The minimum absolute atomic E-state index is 0.0843. The number of fused-ring (bicyclic) bond motifs is 2. The van der Waals surface area contributed by atoms with Gasteiger partial charge in [-0.3, -0.25) is 0 Å². The predicted octanol–water partition coefficient (Wildman–Crippen LogP) is 1.56. The maximum Gasteiger partial charge on any atom is 0.247 e. The number of hydrogen-bond acceptors (Lipinski definition) is 5. The van der Waals surface area contributed by atoms with Crippen LogP contribution in [0.5, 0.6) is 5.75 Å². The van der Waals surface area contributed by atoms with Crippen molar-refractivity contribution in [2.75, 3.05) is 13.4 Å². The van der Waals surface area contributed by atoms with Gasteiger partial charge in [-0.15, -0.1) is 0 Å². The number of sulfonamides is 1. The highest BCUT2D eigenvalue weighted by atomic mass is 32.2. The molecule has 0 aromatic heterocycles. The van der Waals surface area contributed by atoms with Gasteiger partial charge >= 0.3 is 0 Å². The minimum Gasteiger partial charge on any atom is -0.495 e. The normalized spacial score (nSPS) is 28.0. The monoisotopic (exact) mass is 377 g/mol. The van der Waals surface area contributed by atoms with Crippen LogP contribution in [0.25, 0.3) is 0 Å². The molecule has 6 nitrogen and oxygen atoms in total. The second-order valence-corrected chi connectivity index (χ2v) is 10.6. The van der Waals surface area contributed by atoms with E-state index in [0.717, 1.165) is 12.1 Å². The molecule has 2 aliphatic heterocycles. The number of methoxy groups -OCH3 is 1. The lowest BCUT2D eigenvalue weighted by Crippen LogP contribution is -2.49. The lowest BCUT2D eigenvalue weighted by molar-refractivity contribution is 0.248. The number of sulfone groups is 1. The lowest BCUT2D eigenvalue weighted by Gasteiger charge is -2.37. The first-order valence-electron chi connectivity index (χ1n) is 7.70. The largest absolute Gasteiger partial charge is 0.495 e. The Morgan fingerprint density at radius 1 is 1.12 bits per heavy atom. The summed E-state index contributed by atoms with van der Waals surface area (Å²) >= 11 is 0. The zero-order valence-electron chi connectivity index (χ0n) is 13.5. The summed E-state index contributed by atoms with van der Waals surface area (Å²) < 4.78 is 69.8. The highest BCUT2D eigenvalue weighted by molar-refractivity contribution is 7.91. The molecule has 3 rings (SSSR count). The second-order valence-electron chi connectivity index (χ2n) is 6.44. The quantitative estimate of drug-likeness (QED) is 0.796. The van der Waals surface area contributed by atoms with Crippen LogP contribution < -0.4 is 4.74 Å². The van der Waals surface area contributed by atoms with E-state index in [4.69, 9.17) is 4.74 Å². The van der Waals surface area contributed by atoms with Crippen LogP contribution in [0.1, 0.15) is 25.7 Å². The van der Waals surface area contributed by atoms with Crippen molar-refractivity contribution in [1.29, 1.82) is 0 Å². The molecule has 2 saturated heterocycles. The number of ether oxygens (including phenoxy) is 1. The van der Waals surface area contributed by atoms with Gasteiger partial charge in [0.05, 0.1) is 12.4 Å². The molecule has 134 valence electrons. The Hall–Kier alpha value is -1.19. The number of halogens is 1. The van der Waals surface area contributed by atoms with Gasteiger partial charge in [-0.1, -0.05) is 0 Å². The SMILES string of the molecule is COc1ccc(F)cc1S(=O)(=O)N1C2CCC1CC(S(C)(=O)=O)C2. The fourth-order valence-corrected chi connectivity index (χ4v) is 7.00. The summed E-state index contributed by atoms with van der Waals surface area (Å²) in [5, 5.41) is -0.518. The molecular formula is C15H20FNO5S2. The van der Waals surface area contributed by atoms with Crippen LogP contribution in [-0.2, 0) is 19.9 Å². The average Bonchev–Trinajstić information content (AvgIpc) is 2.77. The van der Waals surface area contributed by atoms with Gasteiger partial charge in [0, 0.05) is 18.3 Å². The van der Waals surface area contributed by atoms with E-state index in [1.165, 1.54) is 23.7 Å². The van der Waals surface area contributed by atoms with Crippen molar-refractivity contribution in [3.63, 3.8) is 0 Å². The van der Waals surface area contributed by atoms with E-state index < -0.39 is 30.9 Å². The molecule has 1 aromatic rings. The van der Waals surface area contributed by atoms with Crippen molar-refractivity contribution in [2.24, 2.45) is 0 Å². The Kier molecular flexibility index (Phi) is 4.38. The minimum atomic E-state index is -3.96. The molecule has 1 aromatic carbocycles. The van der Waals surface area contributed by atoms with Gasteiger partial charge in [0.15, 0.2) is 0 Å². The summed E-state index contributed by atoms with van der Waals surface area (Å²) in [6.45, 7) is 0. The van der Waals surface area contributed by atoms with Crippen LogP contribution in [0.3, 0.4) is 0 Å². The van der Waals surface area contributed by atoms with E-state index in [0.29, 0.717) is 12.8 Å². The van der Waals surface area contributed by atoms with Gasteiger partial charge in [0.2, 0.25) is 10.0 Å². The number of benzene rings is 1. The standard InChI is InChI=1S/C15H20FNO5S2/c1-22-14-6-3-10(16)7-15(14)24(20,21)17-11-4-5-12(17)9-13(8-11)23(2,18)19/h3,6-7,11-13H,4-5,8-9H2,1-2H3. The summed E-state index contributed by atoms with van der Waals surface area (Å²) in [7, 11) is -5.84. The van der Waals surface area contributed by atoms with Crippen LogP contribution in [0, 0.1) is 5.82 Å². The average molecular weight is 377 g/mol. The van der Waals surface area contributed by atoms with Crippen LogP contribution in [-0.4, -0.2) is 51.8 Å². The third-order valence-corrected chi connectivity index (χ3v) is 8.53. The molecule has 0 N–H and O–H groups in total. The van der Waals surface area contributed by atoms with Crippen molar-refractivity contribution in [3.8, 4) is 5.75 Å². The van der Waals surface area contributed by atoms with Crippen LogP contribution >= 0.6 is 0 Å². The Morgan fingerprint density at radius 3 is 2.21 bits per heavy atom. The first-order chi connectivity index (χ1) is 11.1. The maximum atomic E-state index is 13.6. The molecule has 2 fully saturated rings. The van der Waals surface area contributed by atoms with Gasteiger partial charge in [-0.05, 0) is 43.9 Å². The van der Waals surface area contributed by atoms with Crippen LogP contribution in [0.15, 0.2) is 23.1 Å². The van der Waals surface area contributed by atoms with Gasteiger partial charge in [-0.25, -0.2) is 21.2 Å². The number of nitrogens with zero attached hydrogens (tertiary/aromatic N) is 1. The summed E-state index contributed by atoms with van der Waals surface area (Å²) in [5.41, 5.74) is 0. The summed E-state index contributed by atoms with van der Waals surface area (Å²) in [5.74, 6) is -0.575. The molecular weight excluding hydrogens is 357 g/mol. The van der Waals surface area contributed by atoms with Crippen molar-refractivity contribution in [3.05, 3.63) is 24.0 Å². The molecule has 0 aliphatic carbocycles. The molecule has 24 heavy (non-hydrogen) atoms. The molecule has 2 aliphatic rings. The van der Waals surface area contributed by atoms with Crippen molar-refractivity contribution < 1.29 is 26.0 Å². The lowest BCUT2D eigenvalue weighted by atomic mass is 10.1. The van der Waals surface area contributed by atoms with Gasteiger partial charge in [0.1, 0.15) is 26.3 Å². The molecule has 9 heteroatoms. The number of rotatable bonds is 4. The molecule has 0 saturated carbocycles. The van der Waals surface area contributed by atoms with Gasteiger partial charge < -0.3 is 4.74 Å². The Bertz CT molecular complexity index is 839. The zero-order valence-corrected chi connectivity index (χ0v) is 15.1. The first kappa shape index (κ1) is 17.6. The first-order valence-corrected chi connectivity index (χ1v) is 11.1. The molecule has 0 amide bonds. The Balaban J connectivity index is 2.00. The molecule has 2 bridgehead atoms. The number of piperidine rings is 1. The van der Waals surface area contributed by atoms with Crippen LogP contribution in [0.4, 0.5) is 4.39 Å². The van der Waals surface area contributed by atoms with Gasteiger partial charge in [-0.2, -0.15) is 4.31 Å². The van der Waals surface area contributed by atoms with E-state index >= 15 is 0 Å². The van der Waals surface area contributed by atoms with E-state index in [1.807, 2.05) is 0 Å². The van der Waals surface area contributed by atoms with E-state index in [1.54, 1.807) is 0 Å². The molecule has 0 spiro atoms.